The van der Waals surface area contributed by atoms with E-state index in [1.165, 1.54) is 29.0 Å². The lowest BCUT2D eigenvalue weighted by atomic mass is 10.1. The third-order valence-corrected chi connectivity index (χ3v) is 3.16. The average molecular weight is 307 g/mol. The molecule has 0 spiro atoms. The molecule has 0 fully saturated rings. The maximum atomic E-state index is 13.9. The van der Waals surface area contributed by atoms with Crippen molar-refractivity contribution in [3.8, 4) is 11.6 Å². The molecule has 0 aliphatic rings. The Kier molecular flexibility index (Phi) is 2.99. The number of nitrogens with two attached hydrogens (primary N) is 1. The molecule has 0 saturated heterocycles. The molecule has 1 aromatic carbocycles. The van der Waals surface area contributed by atoms with E-state index < -0.39 is 11.7 Å². The van der Waals surface area contributed by atoms with Gasteiger partial charge < -0.3 is 10.8 Å². The molecule has 2 heterocycles. The average Bonchev–Trinajstić information content (AvgIpc) is 2.80. The number of benzene rings is 1. The molecular weight excluding hydrogens is 299 g/mol. The first-order chi connectivity index (χ1) is 9.97. The fourth-order valence-electron chi connectivity index (χ4n) is 2.10. The molecule has 2 aromatic heterocycles. The van der Waals surface area contributed by atoms with E-state index in [0.29, 0.717) is 10.9 Å². The van der Waals surface area contributed by atoms with Crippen LogP contribution in [0.2, 0.25) is 5.28 Å². The summed E-state index contributed by atoms with van der Waals surface area (Å²) in [5.41, 5.74) is 5.89. The number of nitrogens with zero attached hydrogens (tertiary/aromatic N) is 3. The summed E-state index contributed by atoms with van der Waals surface area (Å²) < 4.78 is 15.2. The molecule has 0 saturated carbocycles. The Morgan fingerprint density at radius 1 is 1.43 bits per heavy atom. The van der Waals surface area contributed by atoms with Gasteiger partial charge in [0.05, 0.1) is 17.3 Å². The van der Waals surface area contributed by atoms with Crippen LogP contribution in [0.4, 0.5) is 4.39 Å². The smallest absolute Gasteiger partial charge is 0.250 e. The molecule has 6 nitrogen and oxygen atoms in total. The molecule has 3 N–H and O–H groups in total. The Labute approximate surface area is 122 Å². The largest absolute Gasteiger partial charge is 0.508 e. The number of halogens is 2. The molecule has 0 unspecified atom stereocenters. The lowest BCUT2D eigenvalue weighted by Gasteiger charge is -2.05. The van der Waals surface area contributed by atoms with E-state index in [4.69, 9.17) is 17.3 Å². The van der Waals surface area contributed by atoms with Gasteiger partial charge in [0, 0.05) is 11.6 Å². The second-order valence-corrected chi connectivity index (χ2v) is 4.63. The summed E-state index contributed by atoms with van der Waals surface area (Å²) in [6, 6.07) is 4.30. The number of phenolic OH excluding ortho intramolecular Hbond substituents is 1. The lowest BCUT2D eigenvalue weighted by molar-refractivity contribution is 0.100. The molecule has 106 valence electrons. The third kappa shape index (κ3) is 2.17. The van der Waals surface area contributed by atoms with E-state index in [9.17, 15) is 14.3 Å². The summed E-state index contributed by atoms with van der Waals surface area (Å²) >= 11 is 5.68. The Morgan fingerprint density at radius 3 is 2.90 bits per heavy atom. The van der Waals surface area contributed by atoms with Crippen LogP contribution in [0.5, 0.6) is 5.75 Å². The molecule has 0 atom stereocenters. The molecule has 21 heavy (non-hydrogen) atoms. The van der Waals surface area contributed by atoms with Crippen LogP contribution in [-0.4, -0.2) is 25.5 Å². The predicted octanol–water partition coefficient (Wildman–Crippen LogP) is 2.02. The Hall–Kier alpha value is -2.67. The number of primary amides is 1. The molecule has 0 aliphatic heterocycles. The van der Waals surface area contributed by atoms with Crippen LogP contribution in [-0.2, 0) is 0 Å². The number of carbonyl (C=O) groups is 1. The van der Waals surface area contributed by atoms with Gasteiger partial charge in [-0.2, -0.15) is 4.98 Å². The van der Waals surface area contributed by atoms with Gasteiger partial charge in [0.15, 0.2) is 11.6 Å². The van der Waals surface area contributed by atoms with Gasteiger partial charge in [0.2, 0.25) is 5.28 Å². The van der Waals surface area contributed by atoms with Crippen LogP contribution in [0.15, 0.2) is 30.6 Å². The fraction of sp³-hybridized carbons (Fsp3) is 0. The zero-order valence-electron chi connectivity index (χ0n) is 10.4. The monoisotopic (exact) mass is 306 g/mol. The minimum Gasteiger partial charge on any atom is -0.508 e. The van der Waals surface area contributed by atoms with Crippen molar-refractivity contribution in [1.29, 1.82) is 0 Å². The number of amides is 1. The molecular formula is C13H8ClFN4O2. The van der Waals surface area contributed by atoms with Gasteiger partial charge in [-0.1, -0.05) is 0 Å². The van der Waals surface area contributed by atoms with Crippen molar-refractivity contribution in [1.82, 2.24) is 14.5 Å². The summed E-state index contributed by atoms with van der Waals surface area (Å²) in [6.07, 6.45) is 2.27. The minimum absolute atomic E-state index is 0.0380. The van der Waals surface area contributed by atoms with Gasteiger partial charge in [-0.15, -0.1) is 0 Å². The quantitative estimate of drug-likeness (QED) is 0.708. The molecule has 0 bridgehead atoms. The zero-order chi connectivity index (χ0) is 15.1. The van der Waals surface area contributed by atoms with Crippen molar-refractivity contribution in [2.45, 2.75) is 0 Å². The van der Waals surface area contributed by atoms with E-state index in [1.54, 1.807) is 0 Å². The highest BCUT2D eigenvalue weighted by Crippen LogP contribution is 2.28. The van der Waals surface area contributed by atoms with Crippen molar-refractivity contribution >= 4 is 28.4 Å². The number of fused-ring (bicyclic) bond motifs is 1. The number of aromatic hydroxyl groups is 1. The van der Waals surface area contributed by atoms with E-state index in [1.807, 2.05) is 0 Å². The minimum atomic E-state index is -0.708. The van der Waals surface area contributed by atoms with Crippen molar-refractivity contribution < 1.29 is 14.3 Å². The van der Waals surface area contributed by atoms with Gasteiger partial charge in [-0.3, -0.25) is 9.36 Å². The highest BCUT2D eigenvalue weighted by molar-refractivity contribution is 6.28. The van der Waals surface area contributed by atoms with Gasteiger partial charge in [-0.05, 0) is 29.8 Å². The first kappa shape index (κ1) is 13.3. The van der Waals surface area contributed by atoms with E-state index in [0.717, 1.165) is 6.20 Å². The van der Waals surface area contributed by atoms with Crippen molar-refractivity contribution in [2.24, 2.45) is 5.73 Å². The fourth-order valence-corrected chi connectivity index (χ4v) is 2.22. The SMILES string of the molecule is NC(=O)c1cn(-c2nc(Cl)ncc2F)c2ccc(O)cc12. The predicted molar refractivity (Wildman–Crippen MR) is 74.0 cm³/mol. The van der Waals surface area contributed by atoms with Crippen LogP contribution < -0.4 is 5.73 Å². The summed E-state index contributed by atoms with van der Waals surface area (Å²) in [4.78, 5) is 18.8. The van der Waals surface area contributed by atoms with Gasteiger partial charge in [0.1, 0.15) is 5.75 Å². The van der Waals surface area contributed by atoms with Gasteiger partial charge in [0.25, 0.3) is 5.91 Å². The van der Waals surface area contributed by atoms with Gasteiger partial charge >= 0.3 is 0 Å². The molecule has 3 aromatic rings. The summed E-state index contributed by atoms with van der Waals surface area (Å²) in [7, 11) is 0. The standard InChI is InChI=1S/C13H8ClFN4O2/c14-13-17-4-9(15)12(18-13)19-5-8(11(16)21)7-3-6(20)1-2-10(7)19/h1-5,20H,(H2,16,21). The molecule has 0 radical (unpaired) electrons. The van der Waals surface area contributed by atoms with Crippen molar-refractivity contribution in [2.75, 3.05) is 0 Å². The summed E-state index contributed by atoms with van der Waals surface area (Å²) in [5.74, 6) is -1.56. The van der Waals surface area contributed by atoms with Crippen LogP contribution in [0.25, 0.3) is 16.7 Å². The van der Waals surface area contributed by atoms with E-state index >= 15 is 0 Å². The van der Waals surface area contributed by atoms with Crippen LogP contribution in [0, 0.1) is 5.82 Å². The first-order valence-electron chi connectivity index (χ1n) is 5.79. The van der Waals surface area contributed by atoms with Crippen LogP contribution in [0.1, 0.15) is 10.4 Å². The molecule has 1 amide bonds. The molecule has 0 aliphatic carbocycles. The number of hydrogen-bond donors (Lipinski definition) is 2. The van der Waals surface area contributed by atoms with Gasteiger partial charge in [-0.25, -0.2) is 9.37 Å². The highest BCUT2D eigenvalue weighted by Gasteiger charge is 2.17. The second-order valence-electron chi connectivity index (χ2n) is 4.29. The number of hydrogen-bond acceptors (Lipinski definition) is 4. The Morgan fingerprint density at radius 2 is 2.19 bits per heavy atom. The number of aromatic nitrogens is 3. The Balaban J connectivity index is 2.38. The maximum Gasteiger partial charge on any atom is 0.250 e. The highest BCUT2D eigenvalue weighted by atomic mass is 35.5. The topological polar surface area (TPSA) is 94.0 Å². The zero-order valence-corrected chi connectivity index (χ0v) is 11.2. The molecule has 3 rings (SSSR count). The number of rotatable bonds is 2. The van der Waals surface area contributed by atoms with Crippen LogP contribution >= 0.6 is 11.6 Å². The first-order valence-corrected chi connectivity index (χ1v) is 6.17. The van der Waals surface area contributed by atoms with E-state index in [2.05, 4.69) is 9.97 Å². The Bertz CT molecular complexity index is 878. The second kappa shape index (κ2) is 4.71. The normalized spacial score (nSPS) is 11.0. The summed E-state index contributed by atoms with van der Waals surface area (Å²) in [6.45, 7) is 0. The molecule has 8 heteroatoms. The third-order valence-electron chi connectivity index (χ3n) is 2.98. The number of carbonyl (C=O) groups excluding carboxylic acids is 1. The number of phenols is 1. The van der Waals surface area contributed by atoms with Crippen LogP contribution in [0.3, 0.4) is 0 Å². The van der Waals surface area contributed by atoms with Crippen molar-refractivity contribution in [3.05, 3.63) is 47.3 Å². The summed E-state index contributed by atoms with van der Waals surface area (Å²) in [5, 5.41) is 9.79. The van der Waals surface area contributed by atoms with Crippen molar-refractivity contribution in [3.63, 3.8) is 0 Å². The lowest BCUT2D eigenvalue weighted by Crippen LogP contribution is -2.10. The van der Waals surface area contributed by atoms with E-state index in [-0.39, 0.29) is 22.4 Å². The maximum absolute atomic E-state index is 13.9.